The number of aryl methyl sites for hydroxylation is 1. The van der Waals surface area contributed by atoms with Crippen LogP contribution >= 0.6 is 0 Å². The highest BCUT2D eigenvalue weighted by atomic mass is 14.5. The number of hydrogen-bond donors (Lipinski definition) is 1. The Balaban J connectivity index is 1.95. The van der Waals surface area contributed by atoms with E-state index in [9.17, 15) is 0 Å². The number of benzene rings is 2. The van der Waals surface area contributed by atoms with Gasteiger partial charge in [0.2, 0.25) is 0 Å². The minimum Gasteiger partial charge on any atom is -0.326 e. The molecular formula is C18H21N. The summed E-state index contributed by atoms with van der Waals surface area (Å²) in [6, 6.07) is 15.6. The van der Waals surface area contributed by atoms with E-state index in [4.69, 9.17) is 5.73 Å². The monoisotopic (exact) mass is 251 g/mol. The summed E-state index contributed by atoms with van der Waals surface area (Å²) in [6.45, 7) is 2.73. The Kier molecular flexibility index (Phi) is 3.39. The van der Waals surface area contributed by atoms with Gasteiger partial charge in [-0.2, -0.15) is 0 Å². The second kappa shape index (κ2) is 5.18. The highest BCUT2D eigenvalue weighted by Gasteiger charge is 2.19. The zero-order valence-corrected chi connectivity index (χ0v) is 11.5. The summed E-state index contributed by atoms with van der Waals surface area (Å²) < 4.78 is 0. The minimum absolute atomic E-state index is 0.597. The summed E-state index contributed by atoms with van der Waals surface area (Å²) in [4.78, 5) is 0. The van der Waals surface area contributed by atoms with Gasteiger partial charge < -0.3 is 5.73 Å². The van der Waals surface area contributed by atoms with Crippen molar-refractivity contribution in [3.8, 4) is 11.1 Å². The first-order valence-electron chi connectivity index (χ1n) is 7.18. The first kappa shape index (κ1) is 12.4. The van der Waals surface area contributed by atoms with Crippen molar-refractivity contribution in [2.24, 2.45) is 5.73 Å². The van der Waals surface area contributed by atoms with Crippen molar-refractivity contribution in [2.45, 2.75) is 38.6 Å². The van der Waals surface area contributed by atoms with Gasteiger partial charge in [0.05, 0.1) is 0 Å². The van der Waals surface area contributed by atoms with Crippen LogP contribution in [-0.4, -0.2) is 0 Å². The molecule has 1 saturated carbocycles. The van der Waals surface area contributed by atoms with Gasteiger partial charge in [-0.3, -0.25) is 0 Å². The fraction of sp³-hybridized carbons (Fsp3) is 0.333. The molecule has 0 atom stereocenters. The van der Waals surface area contributed by atoms with E-state index in [-0.39, 0.29) is 0 Å². The minimum atomic E-state index is 0.597. The molecule has 0 bridgehead atoms. The molecule has 0 heterocycles. The van der Waals surface area contributed by atoms with Crippen LogP contribution in [0, 0.1) is 6.92 Å². The molecule has 3 rings (SSSR count). The van der Waals surface area contributed by atoms with Crippen molar-refractivity contribution >= 4 is 0 Å². The number of rotatable bonds is 3. The summed E-state index contributed by atoms with van der Waals surface area (Å²) in [5, 5.41) is 0. The third-order valence-corrected chi connectivity index (χ3v) is 4.28. The summed E-state index contributed by atoms with van der Waals surface area (Å²) in [5.41, 5.74) is 12.4. The molecule has 0 unspecified atom stereocenters. The van der Waals surface area contributed by atoms with Crippen molar-refractivity contribution < 1.29 is 0 Å². The first-order chi connectivity index (χ1) is 9.28. The predicted molar refractivity (Wildman–Crippen MR) is 81.1 cm³/mol. The molecule has 2 aromatic carbocycles. The molecule has 0 saturated heterocycles. The largest absolute Gasteiger partial charge is 0.326 e. The van der Waals surface area contributed by atoms with Crippen LogP contribution in [0.25, 0.3) is 11.1 Å². The van der Waals surface area contributed by atoms with Crippen molar-refractivity contribution in [3.63, 3.8) is 0 Å². The lowest BCUT2D eigenvalue weighted by molar-refractivity contribution is 0.420. The Hall–Kier alpha value is -1.60. The van der Waals surface area contributed by atoms with Crippen molar-refractivity contribution in [1.29, 1.82) is 0 Å². The quantitative estimate of drug-likeness (QED) is 0.860. The van der Waals surface area contributed by atoms with Crippen LogP contribution < -0.4 is 5.73 Å². The van der Waals surface area contributed by atoms with Gasteiger partial charge in [0, 0.05) is 6.54 Å². The lowest BCUT2D eigenvalue weighted by atomic mass is 9.79. The van der Waals surface area contributed by atoms with E-state index in [1.807, 2.05) is 0 Å². The Bertz CT molecular complexity index is 565. The number of hydrogen-bond acceptors (Lipinski definition) is 1. The molecule has 0 spiro atoms. The number of nitrogens with two attached hydrogens (primary N) is 1. The molecule has 2 aromatic rings. The molecule has 1 heteroatoms. The van der Waals surface area contributed by atoms with E-state index in [1.165, 1.54) is 47.1 Å². The summed E-state index contributed by atoms with van der Waals surface area (Å²) >= 11 is 0. The zero-order chi connectivity index (χ0) is 13.2. The lowest BCUT2D eigenvalue weighted by Gasteiger charge is -2.26. The van der Waals surface area contributed by atoms with Crippen molar-refractivity contribution in [2.75, 3.05) is 0 Å². The van der Waals surface area contributed by atoms with Gasteiger partial charge in [-0.15, -0.1) is 0 Å². The molecular weight excluding hydrogens is 230 g/mol. The van der Waals surface area contributed by atoms with Gasteiger partial charge in [0.15, 0.2) is 0 Å². The third kappa shape index (κ3) is 2.43. The van der Waals surface area contributed by atoms with E-state index in [1.54, 1.807) is 0 Å². The van der Waals surface area contributed by atoms with Crippen LogP contribution in [-0.2, 0) is 6.54 Å². The molecule has 2 N–H and O–H groups in total. The van der Waals surface area contributed by atoms with Gasteiger partial charge in [-0.1, -0.05) is 54.4 Å². The van der Waals surface area contributed by atoms with Crippen LogP contribution in [0.5, 0.6) is 0 Å². The first-order valence-corrected chi connectivity index (χ1v) is 7.18. The highest BCUT2D eigenvalue weighted by molar-refractivity contribution is 5.68. The molecule has 98 valence electrons. The van der Waals surface area contributed by atoms with Gasteiger partial charge in [-0.05, 0) is 47.9 Å². The maximum atomic E-state index is 5.85. The molecule has 1 aliphatic rings. The van der Waals surface area contributed by atoms with Crippen molar-refractivity contribution in [1.82, 2.24) is 0 Å². The second-order valence-electron chi connectivity index (χ2n) is 5.61. The smallest absolute Gasteiger partial charge is 0.0184 e. The zero-order valence-electron chi connectivity index (χ0n) is 11.5. The Morgan fingerprint density at radius 3 is 2.37 bits per heavy atom. The predicted octanol–water partition coefficient (Wildman–Crippen LogP) is 4.39. The standard InChI is InChI=1S/C18H21N/c1-13-5-6-17(12-19)18(11-13)16-9-7-15(8-10-16)14-3-2-4-14/h5-11,14H,2-4,12,19H2,1H3. The Morgan fingerprint density at radius 1 is 1.05 bits per heavy atom. The lowest BCUT2D eigenvalue weighted by Crippen LogP contribution is -2.08. The van der Waals surface area contributed by atoms with Gasteiger partial charge in [0.1, 0.15) is 0 Å². The fourth-order valence-corrected chi connectivity index (χ4v) is 2.81. The van der Waals surface area contributed by atoms with E-state index >= 15 is 0 Å². The van der Waals surface area contributed by atoms with Gasteiger partial charge >= 0.3 is 0 Å². The average Bonchev–Trinajstić information content (AvgIpc) is 2.37. The molecule has 0 aliphatic heterocycles. The Labute approximate surface area is 115 Å². The SMILES string of the molecule is Cc1ccc(CN)c(-c2ccc(C3CCC3)cc2)c1. The molecule has 1 aliphatic carbocycles. The van der Waals surface area contributed by atoms with Gasteiger partial charge in [-0.25, -0.2) is 0 Å². The second-order valence-corrected chi connectivity index (χ2v) is 5.61. The Morgan fingerprint density at radius 2 is 1.79 bits per heavy atom. The molecule has 0 aromatic heterocycles. The van der Waals surface area contributed by atoms with Crippen molar-refractivity contribution in [3.05, 3.63) is 59.2 Å². The molecule has 0 amide bonds. The third-order valence-electron chi connectivity index (χ3n) is 4.28. The normalized spacial score (nSPS) is 15.3. The molecule has 19 heavy (non-hydrogen) atoms. The molecule has 1 nitrogen and oxygen atoms in total. The highest BCUT2D eigenvalue weighted by Crippen LogP contribution is 2.37. The average molecular weight is 251 g/mol. The van der Waals surface area contributed by atoms with E-state index in [0.29, 0.717) is 6.54 Å². The maximum Gasteiger partial charge on any atom is 0.0184 e. The summed E-state index contributed by atoms with van der Waals surface area (Å²) in [7, 11) is 0. The van der Waals surface area contributed by atoms with Crippen LogP contribution in [0.1, 0.15) is 41.9 Å². The summed E-state index contributed by atoms with van der Waals surface area (Å²) in [6.07, 6.45) is 4.11. The van der Waals surface area contributed by atoms with E-state index in [0.717, 1.165) is 5.92 Å². The fourth-order valence-electron chi connectivity index (χ4n) is 2.81. The molecule has 1 fully saturated rings. The topological polar surface area (TPSA) is 26.0 Å². The van der Waals surface area contributed by atoms with Crippen LogP contribution in [0.15, 0.2) is 42.5 Å². The van der Waals surface area contributed by atoms with E-state index < -0.39 is 0 Å². The van der Waals surface area contributed by atoms with Gasteiger partial charge in [0.25, 0.3) is 0 Å². The summed E-state index contributed by atoms with van der Waals surface area (Å²) in [5.74, 6) is 0.806. The van der Waals surface area contributed by atoms with Crippen LogP contribution in [0.2, 0.25) is 0 Å². The van der Waals surface area contributed by atoms with E-state index in [2.05, 4.69) is 49.4 Å². The maximum absolute atomic E-state index is 5.85. The molecule has 0 radical (unpaired) electrons. The van der Waals surface area contributed by atoms with Crippen LogP contribution in [0.4, 0.5) is 0 Å². The van der Waals surface area contributed by atoms with Crippen LogP contribution in [0.3, 0.4) is 0 Å².